The van der Waals surface area contributed by atoms with Gasteiger partial charge >= 0.3 is 0 Å². The molecule has 1 amide bonds. The highest BCUT2D eigenvalue weighted by atomic mass is 19.1. The van der Waals surface area contributed by atoms with Gasteiger partial charge in [0.2, 0.25) is 5.91 Å². The molecule has 0 atom stereocenters. The molecule has 2 heterocycles. The lowest BCUT2D eigenvalue weighted by atomic mass is 10.1. The quantitative estimate of drug-likeness (QED) is 0.503. The molecule has 4 nitrogen and oxygen atoms in total. The summed E-state index contributed by atoms with van der Waals surface area (Å²) in [6.45, 7) is 3.98. The molecule has 0 bridgehead atoms. The van der Waals surface area contributed by atoms with E-state index in [0.717, 1.165) is 39.4 Å². The van der Waals surface area contributed by atoms with Crippen LogP contribution in [-0.2, 0) is 11.2 Å². The van der Waals surface area contributed by atoms with E-state index in [-0.39, 0.29) is 11.7 Å². The average Bonchev–Trinajstić information content (AvgIpc) is 3.08. The third-order valence-corrected chi connectivity index (χ3v) is 5.00. The van der Waals surface area contributed by atoms with Gasteiger partial charge in [0, 0.05) is 23.9 Å². The Balaban J connectivity index is 1.60. The van der Waals surface area contributed by atoms with E-state index >= 15 is 0 Å². The standard InChI is InChI=1S/C24H22FN3O/c1-16-6-7-17(2)20(15-16)26-23(29)13-12-21-24(18-8-10-19(25)11-9-18)27-22-5-3-4-14-28(21)22/h3-11,14-15H,12-13H2,1-2H3,(H,26,29). The first-order valence-electron chi connectivity index (χ1n) is 9.60. The van der Waals surface area contributed by atoms with Gasteiger partial charge in [-0.25, -0.2) is 9.37 Å². The monoisotopic (exact) mass is 387 g/mol. The molecule has 0 saturated carbocycles. The van der Waals surface area contributed by atoms with E-state index < -0.39 is 0 Å². The van der Waals surface area contributed by atoms with E-state index in [1.807, 2.05) is 60.8 Å². The predicted molar refractivity (Wildman–Crippen MR) is 113 cm³/mol. The van der Waals surface area contributed by atoms with Crippen molar-refractivity contribution in [1.82, 2.24) is 9.38 Å². The number of hydrogen-bond donors (Lipinski definition) is 1. The summed E-state index contributed by atoms with van der Waals surface area (Å²) in [4.78, 5) is 17.3. The number of aryl methyl sites for hydroxylation is 3. The molecular formula is C24H22FN3O. The number of carbonyl (C=O) groups is 1. The molecule has 0 unspecified atom stereocenters. The Bertz CT molecular complexity index is 1180. The van der Waals surface area contributed by atoms with E-state index in [9.17, 15) is 9.18 Å². The highest BCUT2D eigenvalue weighted by molar-refractivity contribution is 5.91. The molecule has 146 valence electrons. The topological polar surface area (TPSA) is 46.4 Å². The average molecular weight is 387 g/mol. The first-order chi connectivity index (χ1) is 14.0. The summed E-state index contributed by atoms with van der Waals surface area (Å²) in [5.74, 6) is -0.332. The summed E-state index contributed by atoms with van der Waals surface area (Å²) >= 11 is 0. The Morgan fingerprint density at radius 3 is 2.66 bits per heavy atom. The molecule has 4 aromatic rings. The second-order valence-electron chi connectivity index (χ2n) is 7.21. The Morgan fingerprint density at radius 1 is 1.07 bits per heavy atom. The van der Waals surface area contributed by atoms with Crippen molar-refractivity contribution in [2.45, 2.75) is 26.7 Å². The van der Waals surface area contributed by atoms with Crippen LogP contribution in [-0.4, -0.2) is 15.3 Å². The fourth-order valence-corrected chi connectivity index (χ4v) is 3.44. The molecular weight excluding hydrogens is 365 g/mol. The summed E-state index contributed by atoms with van der Waals surface area (Å²) < 4.78 is 15.3. The van der Waals surface area contributed by atoms with Crippen LogP contribution in [0.1, 0.15) is 23.2 Å². The van der Waals surface area contributed by atoms with Gasteiger partial charge in [0.1, 0.15) is 11.5 Å². The summed E-state index contributed by atoms with van der Waals surface area (Å²) in [5, 5.41) is 3.01. The summed E-state index contributed by atoms with van der Waals surface area (Å²) in [5.41, 5.74) is 6.32. The molecule has 4 rings (SSSR count). The number of fused-ring (bicyclic) bond motifs is 1. The lowest BCUT2D eigenvalue weighted by molar-refractivity contribution is -0.116. The van der Waals surface area contributed by atoms with Crippen LogP contribution in [0.5, 0.6) is 0 Å². The van der Waals surface area contributed by atoms with E-state index in [1.54, 1.807) is 12.1 Å². The number of pyridine rings is 1. The second-order valence-corrected chi connectivity index (χ2v) is 7.21. The summed E-state index contributed by atoms with van der Waals surface area (Å²) in [6, 6.07) is 18.1. The maximum atomic E-state index is 13.4. The molecule has 0 aliphatic heterocycles. The van der Waals surface area contributed by atoms with Crippen LogP contribution in [0.4, 0.5) is 10.1 Å². The number of rotatable bonds is 5. The summed E-state index contributed by atoms with van der Waals surface area (Å²) in [7, 11) is 0. The number of halogens is 1. The van der Waals surface area contributed by atoms with Gasteiger partial charge in [-0.1, -0.05) is 18.2 Å². The Hall–Kier alpha value is -3.47. The van der Waals surface area contributed by atoms with Gasteiger partial charge < -0.3 is 9.72 Å². The van der Waals surface area contributed by atoms with Crippen molar-refractivity contribution >= 4 is 17.2 Å². The van der Waals surface area contributed by atoms with Gasteiger partial charge in [0.05, 0.1) is 11.4 Å². The van der Waals surface area contributed by atoms with Crippen molar-refractivity contribution in [2.24, 2.45) is 0 Å². The third-order valence-electron chi connectivity index (χ3n) is 5.00. The van der Waals surface area contributed by atoms with Gasteiger partial charge in [0.25, 0.3) is 0 Å². The number of nitrogens with one attached hydrogen (secondary N) is 1. The minimum Gasteiger partial charge on any atom is -0.326 e. The smallest absolute Gasteiger partial charge is 0.224 e. The van der Waals surface area contributed by atoms with Crippen molar-refractivity contribution in [1.29, 1.82) is 0 Å². The zero-order valence-electron chi connectivity index (χ0n) is 16.4. The SMILES string of the molecule is Cc1ccc(C)c(NC(=O)CCc2c(-c3ccc(F)cc3)nc3ccccn23)c1. The Labute approximate surface area is 169 Å². The largest absolute Gasteiger partial charge is 0.326 e. The van der Waals surface area contributed by atoms with Gasteiger partial charge in [-0.15, -0.1) is 0 Å². The Morgan fingerprint density at radius 2 is 1.86 bits per heavy atom. The maximum Gasteiger partial charge on any atom is 0.224 e. The highest BCUT2D eigenvalue weighted by Crippen LogP contribution is 2.26. The highest BCUT2D eigenvalue weighted by Gasteiger charge is 2.15. The zero-order chi connectivity index (χ0) is 20.4. The normalized spacial score (nSPS) is 11.0. The number of benzene rings is 2. The van der Waals surface area contributed by atoms with Crippen LogP contribution >= 0.6 is 0 Å². The first-order valence-corrected chi connectivity index (χ1v) is 9.60. The molecule has 2 aromatic heterocycles. The number of anilines is 1. The van der Waals surface area contributed by atoms with Crippen molar-refractivity contribution in [3.8, 4) is 11.3 Å². The molecule has 1 N–H and O–H groups in total. The summed E-state index contributed by atoms with van der Waals surface area (Å²) in [6.07, 6.45) is 2.78. The Kier molecular flexibility index (Phi) is 5.12. The lowest BCUT2D eigenvalue weighted by Gasteiger charge is -2.10. The van der Waals surface area contributed by atoms with Gasteiger partial charge in [-0.2, -0.15) is 0 Å². The first kappa shape index (κ1) is 18.9. The minimum atomic E-state index is -0.285. The van der Waals surface area contributed by atoms with E-state index in [1.165, 1.54) is 12.1 Å². The van der Waals surface area contributed by atoms with Crippen LogP contribution < -0.4 is 5.32 Å². The molecule has 5 heteroatoms. The number of imidazole rings is 1. The van der Waals surface area contributed by atoms with Crippen molar-refractivity contribution in [3.63, 3.8) is 0 Å². The molecule has 0 spiro atoms. The third kappa shape index (κ3) is 4.04. The fraction of sp³-hybridized carbons (Fsp3) is 0.167. The minimum absolute atomic E-state index is 0.0466. The molecule has 0 fully saturated rings. The number of carbonyl (C=O) groups excluding carboxylic acids is 1. The van der Waals surface area contributed by atoms with Gasteiger partial charge in [0.15, 0.2) is 0 Å². The number of amides is 1. The van der Waals surface area contributed by atoms with Crippen LogP contribution in [0, 0.1) is 19.7 Å². The maximum absolute atomic E-state index is 13.4. The number of aromatic nitrogens is 2. The van der Waals surface area contributed by atoms with E-state index in [0.29, 0.717) is 12.8 Å². The second kappa shape index (κ2) is 7.87. The van der Waals surface area contributed by atoms with Crippen LogP contribution in [0.3, 0.4) is 0 Å². The molecule has 2 aromatic carbocycles. The van der Waals surface area contributed by atoms with Crippen LogP contribution in [0.15, 0.2) is 66.9 Å². The van der Waals surface area contributed by atoms with Gasteiger partial charge in [-0.05, 0) is 73.9 Å². The molecule has 29 heavy (non-hydrogen) atoms. The van der Waals surface area contributed by atoms with E-state index in [4.69, 9.17) is 4.98 Å². The zero-order valence-corrected chi connectivity index (χ0v) is 16.4. The lowest BCUT2D eigenvalue weighted by Crippen LogP contribution is -2.14. The van der Waals surface area contributed by atoms with Crippen LogP contribution in [0.2, 0.25) is 0 Å². The molecule has 0 radical (unpaired) electrons. The van der Waals surface area contributed by atoms with Crippen molar-refractivity contribution in [2.75, 3.05) is 5.32 Å². The number of hydrogen-bond acceptors (Lipinski definition) is 2. The van der Waals surface area contributed by atoms with Crippen molar-refractivity contribution < 1.29 is 9.18 Å². The fourth-order valence-electron chi connectivity index (χ4n) is 3.44. The molecule has 0 aliphatic rings. The molecule has 0 saturated heterocycles. The predicted octanol–water partition coefficient (Wildman–Crippen LogP) is 5.33. The van der Waals surface area contributed by atoms with Crippen LogP contribution in [0.25, 0.3) is 16.9 Å². The van der Waals surface area contributed by atoms with E-state index in [2.05, 4.69) is 5.32 Å². The number of nitrogens with zero attached hydrogens (tertiary/aromatic N) is 2. The van der Waals surface area contributed by atoms with Crippen molar-refractivity contribution in [3.05, 3.63) is 89.5 Å². The van der Waals surface area contributed by atoms with Gasteiger partial charge in [-0.3, -0.25) is 4.79 Å². The molecule has 0 aliphatic carbocycles.